The Kier molecular flexibility index (Phi) is 9.05. The average molecular weight is 512 g/mol. The summed E-state index contributed by atoms with van der Waals surface area (Å²) in [6.45, 7) is 2.98. The lowest BCUT2D eigenvalue weighted by molar-refractivity contribution is -0.157. The number of fused-ring (bicyclic) bond motifs is 1. The molecule has 0 aliphatic heterocycles. The molecule has 0 radical (unpaired) electrons. The fraction of sp³-hybridized carbons (Fsp3) is 0.444. The van der Waals surface area contributed by atoms with Crippen LogP contribution in [0.1, 0.15) is 18.2 Å². The molecule has 1 heterocycles. The molecule has 1 amide bonds. The summed E-state index contributed by atoms with van der Waals surface area (Å²) in [6.07, 6.45) is -4.43. The number of para-hydroxylation sites is 1. The number of amides is 1. The molecule has 6 nitrogen and oxygen atoms in total. The van der Waals surface area contributed by atoms with Crippen LogP contribution in [0.25, 0.3) is 11.0 Å². The number of nitrogens with zero attached hydrogens (tertiary/aromatic N) is 2. The second-order valence-corrected chi connectivity index (χ2v) is 6.06. The summed E-state index contributed by atoms with van der Waals surface area (Å²) in [6, 6.07) is 7.65. The highest BCUT2D eigenvalue weighted by atomic mass is 127. The quantitative estimate of drug-likeness (QED) is 0.354. The van der Waals surface area contributed by atoms with E-state index in [1.807, 2.05) is 38.1 Å². The van der Waals surface area contributed by atoms with Crippen LogP contribution in [0.5, 0.6) is 0 Å². The minimum Gasteiger partial charge on any atom is -0.459 e. The standard InChI is InChI=1S/C18H23F3N4O2.HI/c1-4-22-17(24-10-16(26)25(3)11-18(19,20)21)23-9-15-12(2)13-7-5-6-8-14(13)27-15;/h5-8H,4,9-11H2,1-3H3,(H2,22,23,24);1H. The maximum absolute atomic E-state index is 12.4. The molecule has 1 aromatic heterocycles. The molecular weight excluding hydrogens is 488 g/mol. The Balaban J connectivity index is 0.00000392. The SMILES string of the molecule is CCNC(=NCC(=O)N(C)CC(F)(F)F)NCc1oc2ccccc2c1C.I. The van der Waals surface area contributed by atoms with E-state index < -0.39 is 18.6 Å². The number of likely N-dealkylation sites (N-methyl/N-ethyl adjacent to an activating group) is 1. The number of aryl methyl sites for hydroxylation is 1. The molecule has 0 aliphatic carbocycles. The maximum atomic E-state index is 12.4. The van der Waals surface area contributed by atoms with Crippen LogP contribution in [0.2, 0.25) is 0 Å². The number of hydrogen-bond acceptors (Lipinski definition) is 3. The average Bonchev–Trinajstić information content (AvgIpc) is 2.92. The molecule has 0 fully saturated rings. The van der Waals surface area contributed by atoms with Gasteiger partial charge < -0.3 is 20.0 Å². The van der Waals surface area contributed by atoms with Gasteiger partial charge in [0.2, 0.25) is 5.91 Å². The minimum absolute atomic E-state index is 0. The summed E-state index contributed by atoms with van der Waals surface area (Å²) < 4.78 is 42.9. The van der Waals surface area contributed by atoms with Gasteiger partial charge in [-0.1, -0.05) is 18.2 Å². The summed E-state index contributed by atoms with van der Waals surface area (Å²) in [5, 5.41) is 7.00. The molecule has 0 aliphatic rings. The zero-order chi connectivity index (χ0) is 20.0. The highest BCUT2D eigenvalue weighted by Gasteiger charge is 2.31. The zero-order valence-electron chi connectivity index (χ0n) is 15.9. The molecule has 0 spiro atoms. The van der Waals surface area contributed by atoms with Gasteiger partial charge in [-0.25, -0.2) is 4.99 Å². The van der Waals surface area contributed by atoms with E-state index in [-0.39, 0.29) is 30.5 Å². The van der Waals surface area contributed by atoms with E-state index in [2.05, 4.69) is 15.6 Å². The van der Waals surface area contributed by atoms with E-state index in [1.165, 1.54) is 0 Å². The van der Waals surface area contributed by atoms with E-state index in [1.54, 1.807) is 0 Å². The Labute approximate surface area is 178 Å². The first-order chi connectivity index (χ1) is 12.7. The number of carbonyl (C=O) groups excluding carboxylic acids is 1. The molecule has 2 N–H and O–H groups in total. The summed E-state index contributed by atoms with van der Waals surface area (Å²) in [7, 11) is 1.10. The van der Waals surface area contributed by atoms with Gasteiger partial charge in [-0.2, -0.15) is 13.2 Å². The molecule has 0 saturated carbocycles. The van der Waals surface area contributed by atoms with Gasteiger partial charge in [-0.05, 0) is 19.9 Å². The van der Waals surface area contributed by atoms with Gasteiger partial charge in [0.25, 0.3) is 0 Å². The molecule has 2 aromatic rings. The summed E-state index contributed by atoms with van der Waals surface area (Å²) in [4.78, 5) is 16.5. The number of aliphatic imine (C=N–C) groups is 1. The van der Waals surface area contributed by atoms with E-state index in [4.69, 9.17) is 4.42 Å². The topological polar surface area (TPSA) is 69.9 Å². The van der Waals surface area contributed by atoms with E-state index in [0.717, 1.165) is 29.3 Å². The number of guanidine groups is 1. The van der Waals surface area contributed by atoms with Crippen molar-refractivity contribution >= 4 is 46.8 Å². The third-order valence-electron chi connectivity index (χ3n) is 3.92. The molecule has 0 atom stereocenters. The van der Waals surface area contributed by atoms with Crippen LogP contribution >= 0.6 is 24.0 Å². The highest BCUT2D eigenvalue weighted by molar-refractivity contribution is 14.0. The molecule has 2 rings (SSSR count). The van der Waals surface area contributed by atoms with Gasteiger partial charge in [0, 0.05) is 24.5 Å². The Hall–Kier alpha value is -1.98. The minimum atomic E-state index is -4.43. The van der Waals surface area contributed by atoms with Crippen molar-refractivity contribution in [2.24, 2.45) is 4.99 Å². The van der Waals surface area contributed by atoms with Crippen molar-refractivity contribution in [3.8, 4) is 0 Å². The van der Waals surface area contributed by atoms with Crippen LogP contribution in [0, 0.1) is 6.92 Å². The fourth-order valence-corrected chi connectivity index (χ4v) is 2.52. The lowest BCUT2D eigenvalue weighted by atomic mass is 10.1. The van der Waals surface area contributed by atoms with Crippen molar-refractivity contribution in [3.63, 3.8) is 0 Å². The van der Waals surface area contributed by atoms with E-state index in [9.17, 15) is 18.0 Å². The van der Waals surface area contributed by atoms with E-state index in [0.29, 0.717) is 23.9 Å². The smallest absolute Gasteiger partial charge is 0.406 e. The Morgan fingerprint density at radius 3 is 2.54 bits per heavy atom. The van der Waals surface area contributed by atoms with Gasteiger partial charge in [-0.15, -0.1) is 24.0 Å². The second kappa shape index (κ2) is 10.5. The molecule has 28 heavy (non-hydrogen) atoms. The number of nitrogens with one attached hydrogen (secondary N) is 2. The van der Waals surface area contributed by atoms with Crippen molar-refractivity contribution in [1.29, 1.82) is 0 Å². The number of halogens is 4. The Morgan fingerprint density at radius 2 is 1.93 bits per heavy atom. The number of alkyl halides is 3. The van der Waals surface area contributed by atoms with Gasteiger partial charge in [0.15, 0.2) is 5.96 Å². The maximum Gasteiger partial charge on any atom is 0.406 e. The van der Waals surface area contributed by atoms with Crippen LogP contribution < -0.4 is 10.6 Å². The van der Waals surface area contributed by atoms with Gasteiger partial charge in [0.05, 0.1) is 6.54 Å². The number of furan rings is 1. The van der Waals surface area contributed by atoms with Crippen molar-refractivity contribution in [1.82, 2.24) is 15.5 Å². The van der Waals surface area contributed by atoms with Crippen LogP contribution in [0.4, 0.5) is 13.2 Å². The first kappa shape index (κ1) is 24.1. The molecule has 0 saturated heterocycles. The zero-order valence-corrected chi connectivity index (χ0v) is 18.2. The number of carbonyl (C=O) groups is 1. The van der Waals surface area contributed by atoms with Crippen LogP contribution in [-0.4, -0.2) is 49.6 Å². The van der Waals surface area contributed by atoms with Gasteiger partial charge in [-0.3, -0.25) is 4.79 Å². The van der Waals surface area contributed by atoms with Crippen LogP contribution in [-0.2, 0) is 11.3 Å². The summed E-state index contributed by atoms with van der Waals surface area (Å²) >= 11 is 0. The molecule has 0 bridgehead atoms. The Bertz CT molecular complexity index is 821. The van der Waals surface area contributed by atoms with Gasteiger partial charge in [0.1, 0.15) is 24.4 Å². The van der Waals surface area contributed by atoms with Crippen molar-refractivity contribution in [2.45, 2.75) is 26.6 Å². The molecular formula is C18H24F3IN4O2. The number of rotatable bonds is 6. The highest BCUT2D eigenvalue weighted by Crippen LogP contribution is 2.24. The summed E-state index contributed by atoms with van der Waals surface area (Å²) in [5.74, 6) is 0.331. The second-order valence-electron chi connectivity index (χ2n) is 6.06. The first-order valence-electron chi connectivity index (χ1n) is 8.51. The molecule has 0 unspecified atom stereocenters. The Morgan fingerprint density at radius 1 is 1.25 bits per heavy atom. The summed E-state index contributed by atoms with van der Waals surface area (Å²) in [5.41, 5.74) is 1.77. The molecule has 1 aromatic carbocycles. The predicted molar refractivity (Wildman–Crippen MR) is 113 cm³/mol. The number of benzene rings is 1. The van der Waals surface area contributed by atoms with Crippen LogP contribution in [0.3, 0.4) is 0 Å². The van der Waals surface area contributed by atoms with E-state index >= 15 is 0 Å². The van der Waals surface area contributed by atoms with Crippen molar-refractivity contribution < 1.29 is 22.4 Å². The molecule has 10 heteroatoms. The van der Waals surface area contributed by atoms with Crippen molar-refractivity contribution in [3.05, 3.63) is 35.6 Å². The number of hydrogen-bond donors (Lipinski definition) is 2. The molecule has 156 valence electrons. The largest absolute Gasteiger partial charge is 0.459 e. The lowest BCUT2D eigenvalue weighted by Gasteiger charge is -2.18. The first-order valence-corrected chi connectivity index (χ1v) is 8.51. The monoisotopic (exact) mass is 512 g/mol. The fourth-order valence-electron chi connectivity index (χ4n) is 2.52. The third-order valence-corrected chi connectivity index (χ3v) is 3.92. The van der Waals surface area contributed by atoms with Crippen molar-refractivity contribution in [2.75, 3.05) is 26.7 Å². The third kappa shape index (κ3) is 6.88. The predicted octanol–water partition coefficient (Wildman–Crippen LogP) is 3.44. The van der Waals surface area contributed by atoms with Crippen LogP contribution in [0.15, 0.2) is 33.7 Å². The normalized spacial score (nSPS) is 11.9. The lowest BCUT2D eigenvalue weighted by Crippen LogP contribution is -2.40. The van der Waals surface area contributed by atoms with Gasteiger partial charge >= 0.3 is 6.18 Å².